The molecular formula is C15H20NOTe+. The molecule has 0 atom stereocenters. The van der Waals surface area contributed by atoms with Crippen molar-refractivity contribution in [2.75, 3.05) is 6.61 Å². The summed E-state index contributed by atoms with van der Waals surface area (Å²) in [5, 5.41) is 1.46. The van der Waals surface area contributed by atoms with Gasteiger partial charge in [-0.3, -0.25) is 0 Å². The number of aromatic nitrogens is 1. The maximum absolute atomic E-state index is 5.32. The molecule has 2 nitrogen and oxygen atoms in total. The third-order valence-corrected chi connectivity index (χ3v) is 6.23. The number of ether oxygens (including phenoxy) is 1. The summed E-state index contributed by atoms with van der Waals surface area (Å²) >= 11 is -0.302. The zero-order chi connectivity index (χ0) is 13.1. The SMILES string of the molecule is CCOC=C[n+]1[te]c2cc(C)c(C)cc2c1CC. The molecule has 0 N–H and O–H groups in total. The Balaban J connectivity index is 2.54. The van der Waals surface area contributed by atoms with Crippen LogP contribution in [0.5, 0.6) is 0 Å². The van der Waals surface area contributed by atoms with Gasteiger partial charge in [-0.25, -0.2) is 0 Å². The molecule has 2 aromatic rings. The van der Waals surface area contributed by atoms with E-state index >= 15 is 0 Å². The van der Waals surface area contributed by atoms with Crippen LogP contribution in [0.15, 0.2) is 18.4 Å². The summed E-state index contributed by atoms with van der Waals surface area (Å²) < 4.78 is 9.30. The molecule has 0 aliphatic rings. The Morgan fingerprint density at radius 3 is 2.61 bits per heavy atom. The van der Waals surface area contributed by atoms with Crippen LogP contribution in [-0.2, 0) is 11.2 Å². The van der Waals surface area contributed by atoms with Crippen molar-refractivity contribution in [3.63, 3.8) is 0 Å². The number of rotatable bonds is 4. The Kier molecular flexibility index (Phi) is 4.48. The number of benzene rings is 1. The second-order valence-electron chi connectivity index (χ2n) is 4.39. The van der Waals surface area contributed by atoms with Gasteiger partial charge in [-0.1, -0.05) is 0 Å². The zero-order valence-electron chi connectivity index (χ0n) is 11.5. The van der Waals surface area contributed by atoms with E-state index in [0.717, 1.165) is 13.0 Å². The van der Waals surface area contributed by atoms with Crippen molar-refractivity contribution in [2.45, 2.75) is 34.1 Å². The molecule has 0 unspecified atom stereocenters. The molecule has 0 spiro atoms. The monoisotopic (exact) mass is 360 g/mol. The van der Waals surface area contributed by atoms with Crippen LogP contribution in [0.4, 0.5) is 0 Å². The first-order valence-electron chi connectivity index (χ1n) is 6.40. The molecule has 18 heavy (non-hydrogen) atoms. The van der Waals surface area contributed by atoms with Crippen LogP contribution in [0.1, 0.15) is 30.7 Å². The van der Waals surface area contributed by atoms with Crippen LogP contribution >= 0.6 is 0 Å². The van der Waals surface area contributed by atoms with Crippen molar-refractivity contribution in [1.82, 2.24) is 0 Å². The minimum atomic E-state index is -0.302. The molecule has 1 heterocycles. The van der Waals surface area contributed by atoms with Gasteiger partial charge in [0.05, 0.1) is 0 Å². The standard InChI is InChI=1S/C15H20NOTe/c1-5-14-13-9-11(3)12(4)10-15(13)18-16(14)7-8-17-6-2/h7-10H,5-6H2,1-4H3/q+1. The predicted molar refractivity (Wildman–Crippen MR) is 76.9 cm³/mol. The first kappa shape index (κ1) is 13.6. The van der Waals surface area contributed by atoms with Gasteiger partial charge in [0.2, 0.25) is 0 Å². The van der Waals surface area contributed by atoms with Crippen LogP contribution in [0.25, 0.3) is 15.0 Å². The number of hydrogen-bond acceptors (Lipinski definition) is 1. The molecule has 0 saturated carbocycles. The molecule has 0 aliphatic carbocycles. The van der Waals surface area contributed by atoms with Gasteiger partial charge in [0, 0.05) is 0 Å². The average Bonchev–Trinajstić information content (AvgIpc) is 2.67. The van der Waals surface area contributed by atoms with E-state index in [1.54, 1.807) is 3.40 Å². The minimum absolute atomic E-state index is 0.302. The number of fused-ring (bicyclic) bond motifs is 1. The normalized spacial score (nSPS) is 11.6. The Morgan fingerprint density at radius 2 is 1.94 bits per heavy atom. The molecule has 0 fully saturated rings. The third-order valence-electron chi connectivity index (χ3n) is 3.16. The molecule has 0 amide bonds. The summed E-state index contributed by atoms with van der Waals surface area (Å²) in [7, 11) is 0. The van der Waals surface area contributed by atoms with Gasteiger partial charge < -0.3 is 0 Å². The van der Waals surface area contributed by atoms with E-state index in [2.05, 4.69) is 41.9 Å². The second kappa shape index (κ2) is 5.91. The van der Waals surface area contributed by atoms with Crippen molar-refractivity contribution in [3.05, 3.63) is 35.2 Å². The van der Waals surface area contributed by atoms with Gasteiger partial charge in [0.15, 0.2) is 0 Å². The van der Waals surface area contributed by atoms with E-state index in [1.165, 1.54) is 22.2 Å². The molecule has 1 aromatic carbocycles. The Hall–Kier alpha value is -0.780. The quantitative estimate of drug-likeness (QED) is 0.605. The molecule has 96 valence electrons. The summed E-state index contributed by atoms with van der Waals surface area (Å²) in [6.45, 7) is 9.37. The Labute approximate surface area is 119 Å². The number of nitrogens with zero attached hydrogens (tertiary/aromatic N) is 1. The van der Waals surface area contributed by atoms with E-state index < -0.39 is 0 Å². The zero-order valence-corrected chi connectivity index (χ0v) is 13.8. The van der Waals surface area contributed by atoms with Crippen LogP contribution in [0, 0.1) is 13.8 Å². The van der Waals surface area contributed by atoms with Crippen molar-refractivity contribution < 1.29 is 7.53 Å². The fourth-order valence-corrected chi connectivity index (χ4v) is 5.36. The van der Waals surface area contributed by atoms with Crippen LogP contribution in [0.2, 0.25) is 0 Å². The van der Waals surface area contributed by atoms with Gasteiger partial charge in [0.25, 0.3) is 0 Å². The Morgan fingerprint density at radius 1 is 1.22 bits per heavy atom. The van der Waals surface area contributed by atoms with Gasteiger partial charge in [-0.05, 0) is 0 Å². The fourth-order valence-electron chi connectivity index (χ4n) is 2.03. The molecule has 3 heteroatoms. The molecule has 2 rings (SSSR count). The van der Waals surface area contributed by atoms with Gasteiger partial charge >= 0.3 is 119 Å². The van der Waals surface area contributed by atoms with E-state index in [-0.39, 0.29) is 20.7 Å². The van der Waals surface area contributed by atoms with Gasteiger partial charge in [-0.15, -0.1) is 0 Å². The summed E-state index contributed by atoms with van der Waals surface area (Å²) in [6.07, 6.45) is 5.01. The maximum atomic E-state index is 5.32. The molecular weight excluding hydrogens is 338 g/mol. The predicted octanol–water partition coefficient (Wildman–Crippen LogP) is 2.83. The van der Waals surface area contributed by atoms with E-state index in [4.69, 9.17) is 4.74 Å². The first-order chi connectivity index (χ1) is 8.67. The van der Waals surface area contributed by atoms with Crippen molar-refractivity contribution in [3.8, 4) is 0 Å². The fraction of sp³-hybridized carbons (Fsp3) is 0.400. The van der Waals surface area contributed by atoms with Crippen molar-refractivity contribution >= 4 is 35.7 Å². The van der Waals surface area contributed by atoms with Crippen molar-refractivity contribution in [1.29, 1.82) is 0 Å². The van der Waals surface area contributed by atoms with E-state index in [9.17, 15) is 0 Å². The number of hydrogen-bond donors (Lipinski definition) is 0. The van der Waals surface area contributed by atoms with Gasteiger partial charge in [-0.2, -0.15) is 0 Å². The Bertz CT molecular complexity index is 584. The third kappa shape index (κ3) is 2.63. The van der Waals surface area contributed by atoms with E-state index in [1.807, 2.05) is 13.2 Å². The molecule has 0 aliphatic heterocycles. The summed E-state index contributed by atoms with van der Waals surface area (Å²) in [6, 6.07) is 4.72. The molecule has 1 aromatic heterocycles. The van der Waals surface area contributed by atoms with Crippen LogP contribution < -0.4 is 2.79 Å². The average molecular weight is 358 g/mol. The van der Waals surface area contributed by atoms with Gasteiger partial charge in [0.1, 0.15) is 0 Å². The van der Waals surface area contributed by atoms with Crippen LogP contribution in [-0.4, -0.2) is 27.3 Å². The summed E-state index contributed by atoms with van der Waals surface area (Å²) in [5.41, 5.74) is 4.25. The topological polar surface area (TPSA) is 13.1 Å². The second-order valence-corrected chi connectivity index (χ2v) is 7.29. The molecule has 0 saturated heterocycles. The first-order valence-corrected chi connectivity index (χ1v) is 8.61. The number of aryl methyl sites for hydroxylation is 3. The molecule has 0 bridgehead atoms. The molecule has 0 radical (unpaired) electrons. The summed E-state index contributed by atoms with van der Waals surface area (Å²) in [4.78, 5) is 0. The van der Waals surface area contributed by atoms with E-state index in [0.29, 0.717) is 0 Å². The van der Waals surface area contributed by atoms with Crippen molar-refractivity contribution in [2.24, 2.45) is 0 Å². The summed E-state index contributed by atoms with van der Waals surface area (Å²) in [5.74, 6) is 0. The van der Waals surface area contributed by atoms with Crippen LogP contribution in [0.3, 0.4) is 0 Å².